The second-order valence-electron chi connectivity index (χ2n) is 3.41. The molecule has 13 heavy (non-hydrogen) atoms. The smallest absolute Gasteiger partial charge is 0.160 e. The van der Waals surface area contributed by atoms with Crippen LogP contribution < -0.4 is 0 Å². The summed E-state index contributed by atoms with van der Waals surface area (Å²) in [5.41, 5.74) is 1.02. The second kappa shape index (κ2) is 3.69. The zero-order valence-corrected chi connectivity index (χ0v) is 8.10. The molecule has 0 saturated carbocycles. The van der Waals surface area contributed by atoms with Crippen LogP contribution >= 0.6 is 0 Å². The molecule has 0 bridgehead atoms. The number of halogens is 1. The van der Waals surface area contributed by atoms with Gasteiger partial charge in [-0.2, -0.15) is 0 Å². The molecule has 0 aliphatic carbocycles. The largest absolute Gasteiger partial charge is 0.294 e. The third-order valence-electron chi connectivity index (χ3n) is 2.01. The maximum atomic E-state index is 13.3. The van der Waals surface area contributed by atoms with Crippen LogP contribution in [0.5, 0.6) is 0 Å². The summed E-state index contributed by atoms with van der Waals surface area (Å²) in [5.74, 6) is -0.328. The van der Waals surface area contributed by atoms with Crippen LogP contribution in [0, 0.1) is 5.82 Å². The van der Waals surface area contributed by atoms with Gasteiger partial charge in [-0.05, 0) is 18.9 Å². The summed E-state index contributed by atoms with van der Waals surface area (Å²) >= 11 is 0. The molecule has 1 nitrogen and oxygen atoms in total. The van der Waals surface area contributed by atoms with Crippen molar-refractivity contribution in [3.8, 4) is 0 Å². The minimum Gasteiger partial charge on any atom is -0.294 e. The Morgan fingerprint density at radius 3 is 2.38 bits per heavy atom. The lowest BCUT2D eigenvalue weighted by Gasteiger charge is -2.10. The molecule has 0 aromatic heterocycles. The van der Waals surface area contributed by atoms with E-state index in [1.165, 1.54) is 13.0 Å². The fourth-order valence-corrected chi connectivity index (χ4v) is 1.43. The van der Waals surface area contributed by atoms with Gasteiger partial charge in [0.2, 0.25) is 0 Å². The van der Waals surface area contributed by atoms with E-state index in [0.717, 1.165) is 0 Å². The summed E-state index contributed by atoms with van der Waals surface area (Å²) in [6, 6.07) is 4.63. The van der Waals surface area contributed by atoms with E-state index in [4.69, 9.17) is 0 Å². The Labute approximate surface area is 77.6 Å². The number of hydrogen-bond acceptors (Lipinski definition) is 1. The van der Waals surface area contributed by atoms with Crippen LogP contribution in [0.4, 0.5) is 4.39 Å². The summed E-state index contributed by atoms with van der Waals surface area (Å²) in [4.78, 5) is 11.2. The summed E-state index contributed by atoms with van der Waals surface area (Å²) in [7, 11) is 0. The predicted molar refractivity (Wildman–Crippen MR) is 50.5 cm³/mol. The molecule has 1 rings (SSSR count). The van der Waals surface area contributed by atoms with Crippen LogP contribution in [0.2, 0.25) is 0 Å². The molecule has 0 N–H and O–H groups in total. The van der Waals surface area contributed by atoms with Crippen LogP contribution in [-0.4, -0.2) is 5.78 Å². The van der Waals surface area contributed by atoms with Crippen LogP contribution in [0.25, 0.3) is 0 Å². The zero-order chi connectivity index (χ0) is 10.0. The lowest BCUT2D eigenvalue weighted by molar-refractivity contribution is 0.101. The third kappa shape index (κ3) is 1.94. The summed E-state index contributed by atoms with van der Waals surface area (Å²) in [5, 5.41) is 0. The molecule has 0 aliphatic rings. The van der Waals surface area contributed by atoms with Crippen molar-refractivity contribution < 1.29 is 9.18 Å². The van der Waals surface area contributed by atoms with Crippen molar-refractivity contribution in [3.63, 3.8) is 0 Å². The van der Waals surface area contributed by atoms with E-state index in [2.05, 4.69) is 0 Å². The van der Waals surface area contributed by atoms with E-state index >= 15 is 0 Å². The first-order chi connectivity index (χ1) is 6.04. The number of Topliss-reactive ketones (excluding diaryl/α,β-unsaturated/α-hetero) is 1. The Bertz CT molecular complexity index is 329. The number of ketones is 1. The molecule has 0 fully saturated rings. The van der Waals surface area contributed by atoms with Crippen molar-refractivity contribution in [3.05, 3.63) is 35.1 Å². The highest BCUT2D eigenvalue weighted by atomic mass is 19.1. The molecule has 1 aromatic rings. The van der Waals surface area contributed by atoms with Gasteiger partial charge in [-0.3, -0.25) is 4.79 Å². The fraction of sp³-hybridized carbons (Fsp3) is 0.364. The highest BCUT2D eigenvalue weighted by molar-refractivity contribution is 5.95. The standard InChI is InChI=1S/C11H13FO/c1-7(2)11-9(8(3)13)5-4-6-10(11)12/h4-7H,1-3H3. The van der Waals surface area contributed by atoms with E-state index < -0.39 is 0 Å². The molecule has 0 spiro atoms. The maximum Gasteiger partial charge on any atom is 0.160 e. The Morgan fingerprint density at radius 2 is 2.00 bits per heavy atom. The molecule has 0 aliphatic heterocycles. The van der Waals surface area contributed by atoms with Crippen LogP contribution in [0.1, 0.15) is 42.6 Å². The van der Waals surface area contributed by atoms with Gasteiger partial charge in [0.1, 0.15) is 5.82 Å². The zero-order valence-electron chi connectivity index (χ0n) is 8.10. The molecule has 0 atom stereocenters. The Kier molecular flexibility index (Phi) is 2.81. The van der Waals surface area contributed by atoms with E-state index in [-0.39, 0.29) is 17.5 Å². The number of carbonyl (C=O) groups is 1. The molecule has 2 heteroatoms. The summed E-state index contributed by atoms with van der Waals surface area (Å²) in [6.45, 7) is 5.22. The lowest BCUT2D eigenvalue weighted by atomic mass is 9.95. The molecular formula is C11H13FO. The van der Waals surface area contributed by atoms with Crippen molar-refractivity contribution in [2.24, 2.45) is 0 Å². The lowest BCUT2D eigenvalue weighted by Crippen LogP contribution is -2.03. The summed E-state index contributed by atoms with van der Waals surface area (Å²) < 4.78 is 13.3. The van der Waals surface area contributed by atoms with Crippen molar-refractivity contribution in [2.45, 2.75) is 26.7 Å². The molecule has 0 radical (unpaired) electrons. The van der Waals surface area contributed by atoms with Crippen molar-refractivity contribution in [1.29, 1.82) is 0 Å². The first kappa shape index (κ1) is 9.90. The van der Waals surface area contributed by atoms with Crippen LogP contribution in [0.15, 0.2) is 18.2 Å². The molecule has 70 valence electrons. The van der Waals surface area contributed by atoms with Crippen molar-refractivity contribution in [2.75, 3.05) is 0 Å². The minimum absolute atomic E-state index is 0.0418. The van der Waals surface area contributed by atoms with Gasteiger partial charge in [0.15, 0.2) is 5.78 Å². The van der Waals surface area contributed by atoms with Gasteiger partial charge in [0.25, 0.3) is 0 Å². The van der Waals surface area contributed by atoms with Gasteiger partial charge >= 0.3 is 0 Å². The third-order valence-corrected chi connectivity index (χ3v) is 2.01. The average molecular weight is 180 g/mol. The van der Waals surface area contributed by atoms with E-state index in [0.29, 0.717) is 11.1 Å². The Hall–Kier alpha value is -1.18. The Morgan fingerprint density at radius 1 is 1.38 bits per heavy atom. The highest BCUT2D eigenvalue weighted by Gasteiger charge is 2.14. The van der Waals surface area contributed by atoms with Gasteiger partial charge in [0.05, 0.1) is 0 Å². The van der Waals surface area contributed by atoms with Crippen molar-refractivity contribution >= 4 is 5.78 Å². The molecular weight excluding hydrogens is 167 g/mol. The number of benzene rings is 1. The molecule has 0 saturated heterocycles. The van der Waals surface area contributed by atoms with Crippen LogP contribution in [-0.2, 0) is 0 Å². The SMILES string of the molecule is CC(=O)c1cccc(F)c1C(C)C. The normalized spacial score (nSPS) is 10.5. The molecule has 0 amide bonds. The highest BCUT2D eigenvalue weighted by Crippen LogP contribution is 2.22. The van der Waals surface area contributed by atoms with Gasteiger partial charge in [-0.1, -0.05) is 26.0 Å². The average Bonchev–Trinajstić information content (AvgIpc) is 2.02. The summed E-state index contributed by atoms with van der Waals surface area (Å²) in [6.07, 6.45) is 0. The van der Waals surface area contributed by atoms with Gasteiger partial charge in [-0.25, -0.2) is 4.39 Å². The maximum absolute atomic E-state index is 13.3. The van der Waals surface area contributed by atoms with E-state index in [1.54, 1.807) is 12.1 Å². The monoisotopic (exact) mass is 180 g/mol. The number of carbonyl (C=O) groups excluding carboxylic acids is 1. The number of rotatable bonds is 2. The Balaban J connectivity index is 3.34. The second-order valence-corrected chi connectivity index (χ2v) is 3.41. The topological polar surface area (TPSA) is 17.1 Å². The predicted octanol–water partition coefficient (Wildman–Crippen LogP) is 3.15. The van der Waals surface area contributed by atoms with Gasteiger partial charge in [-0.15, -0.1) is 0 Å². The number of hydrogen-bond donors (Lipinski definition) is 0. The fourth-order valence-electron chi connectivity index (χ4n) is 1.43. The first-order valence-corrected chi connectivity index (χ1v) is 4.33. The molecule has 1 aromatic carbocycles. The van der Waals surface area contributed by atoms with E-state index in [1.807, 2.05) is 13.8 Å². The van der Waals surface area contributed by atoms with Gasteiger partial charge < -0.3 is 0 Å². The van der Waals surface area contributed by atoms with E-state index in [9.17, 15) is 9.18 Å². The molecule has 0 unspecified atom stereocenters. The van der Waals surface area contributed by atoms with Crippen LogP contribution in [0.3, 0.4) is 0 Å². The molecule has 0 heterocycles. The minimum atomic E-state index is -0.289. The van der Waals surface area contributed by atoms with Crippen molar-refractivity contribution in [1.82, 2.24) is 0 Å². The quantitative estimate of drug-likeness (QED) is 0.639. The van der Waals surface area contributed by atoms with Gasteiger partial charge in [0, 0.05) is 11.1 Å². The first-order valence-electron chi connectivity index (χ1n) is 4.33.